The highest BCUT2D eigenvalue weighted by Crippen LogP contribution is 2.29. The molecular formula is C16H26N2O3. The fourth-order valence-corrected chi connectivity index (χ4v) is 1.91. The van der Waals surface area contributed by atoms with Crippen LogP contribution in [-0.2, 0) is 4.79 Å². The van der Waals surface area contributed by atoms with Gasteiger partial charge >= 0.3 is 0 Å². The summed E-state index contributed by atoms with van der Waals surface area (Å²) in [7, 11) is 7.07. The summed E-state index contributed by atoms with van der Waals surface area (Å²) in [5.74, 6) is 1.68. The van der Waals surface area contributed by atoms with Gasteiger partial charge in [0.25, 0.3) is 0 Å². The topological polar surface area (TPSA) is 50.8 Å². The van der Waals surface area contributed by atoms with Gasteiger partial charge in [-0.15, -0.1) is 0 Å². The minimum atomic E-state index is 0.119. The van der Waals surface area contributed by atoms with E-state index in [1.807, 2.05) is 25.2 Å². The predicted octanol–water partition coefficient (Wildman–Crippen LogP) is 2.22. The van der Waals surface area contributed by atoms with Crippen LogP contribution in [0.1, 0.15) is 31.4 Å². The van der Waals surface area contributed by atoms with E-state index in [4.69, 9.17) is 9.47 Å². The number of ether oxygens (including phenoxy) is 2. The molecular weight excluding hydrogens is 268 g/mol. The maximum absolute atomic E-state index is 11.5. The van der Waals surface area contributed by atoms with E-state index >= 15 is 0 Å². The number of benzene rings is 1. The number of carbonyl (C=O) groups excluding carboxylic acids is 1. The molecule has 0 radical (unpaired) electrons. The number of methoxy groups -OCH3 is 1. The smallest absolute Gasteiger partial charge is 0.222 e. The van der Waals surface area contributed by atoms with Gasteiger partial charge in [-0.05, 0) is 26.5 Å². The standard InChI is InChI=1S/C16H26N2O3/c1-12(17-2)14-9-8-13(20-5)11-15(14)21-10-6-7-16(19)18(3)4/h8-9,11-12,17H,6-7,10H2,1-5H3. The molecule has 0 saturated heterocycles. The van der Waals surface area contributed by atoms with Crippen LogP contribution in [0.3, 0.4) is 0 Å². The van der Waals surface area contributed by atoms with Crippen LogP contribution in [0.15, 0.2) is 18.2 Å². The summed E-state index contributed by atoms with van der Waals surface area (Å²) >= 11 is 0. The fourth-order valence-electron chi connectivity index (χ4n) is 1.91. The first-order valence-electron chi connectivity index (χ1n) is 7.17. The summed E-state index contributed by atoms with van der Waals surface area (Å²) in [6, 6.07) is 6.00. The Morgan fingerprint density at radius 2 is 2.10 bits per heavy atom. The van der Waals surface area contributed by atoms with Gasteiger partial charge in [0.15, 0.2) is 0 Å². The second kappa shape index (κ2) is 8.52. The van der Waals surface area contributed by atoms with Crippen molar-refractivity contribution in [1.82, 2.24) is 10.2 Å². The lowest BCUT2D eigenvalue weighted by atomic mass is 10.1. The van der Waals surface area contributed by atoms with Crippen molar-refractivity contribution in [2.45, 2.75) is 25.8 Å². The predicted molar refractivity (Wildman–Crippen MR) is 83.9 cm³/mol. The molecule has 21 heavy (non-hydrogen) atoms. The van der Waals surface area contributed by atoms with E-state index in [1.165, 1.54) is 0 Å². The third-order valence-corrected chi connectivity index (χ3v) is 3.41. The summed E-state index contributed by atoms with van der Waals surface area (Å²) in [5, 5.41) is 3.20. The Hall–Kier alpha value is -1.75. The molecule has 0 bridgehead atoms. The molecule has 0 fully saturated rings. The van der Waals surface area contributed by atoms with Crippen LogP contribution in [0.2, 0.25) is 0 Å². The Bertz CT molecular complexity index is 461. The molecule has 1 amide bonds. The SMILES string of the molecule is CNC(C)c1ccc(OC)cc1OCCCC(=O)N(C)C. The van der Waals surface area contributed by atoms with Crippen molar-refractivity contribution in [3.8, 4) is 11.5 Å². The summed E-state index contributed by atoms with van der Waals surface area (Å²) < 4.78 is 11.1. The Labute approximate surface area is 127 Å². The highest BCUT2D eigenvalue weighted by molar-refractivity contribution is 5.75. The largest absolute Gasteiger partial charge is 0.497 e. The van der Waals surface area contributed by atoms with Gasteiger partial charge in [-0.1, -0.05) is 6.07 Å². The van der Waals surface area contributed by atoms with Crippen molar-refractivity contribution in [2.24, 2.45) is 0 Å². The lowest BCUT2D eigenvalue weighted by Crippen LogP contribution is -2.21. The van der Waals surface area contributed by atoms with Crippen LogP contribution in [-0.4, -0.2) is 45.7 Å². The molecule has 1 aromatic carbocycles. The Kier molecular flexibility index (Phi) is 7.02. The van der Waals surface area contributed by atoms with Crippen molar-refractivity contribution in [1.29, 1.82) is 0 Å². The Morgan fingerprint density at radius 3 is 2.67 bits per heavy atom. The van der Waals surface area contributed by atoms with Crippen molar-refractivity contribution >= 4 is 5.91 Å². The molecule has 1 rings (SSSR count). The van der Waals surface area contributed by atoms with Gasteiger partial charge in [0.2, 0.25) is 5.91 Å². The highest BCUT2D eigenvalue weighted by atomic mass is 16.5. The molecule has 5 nitrogen and oxygen atoms in total. The quantitative estimate of drug-likeness (QED) is 0.747. The van der Waals surface area contributed by atoms with E-state index in [9.17, 15) is 4.79 Å². The van der Waals surface area contributed by atoms with Crippen LogP contribution >= 0.6 is 0 Å². The normalized spacial score (nSPS) is 11.9. The molecule has 0 aliphatic heterocycles. The van der Waals surface area contributed by atoms with Crippen molar-refractivity contribution in [2.75, 3.05) is 34.9 Å². The van der Waals surface area contributed by atoms with E-state index in [0.29, 0.717) is 19.4 Å². The van der Waals surface area contributed by atoms with Gasteiger partial charge in [-0.3, -0.25) is 4.79 Å². The Morgan fingerprint density at radius 1 is 1.38 bits per heavy atom. The summed E-state index contributed by atoms with van der Waals surface area (Å²) in [6.07, 6.45) is 1.19. The second-order valence-corrected chi connectivity index (χ2v) is 5.15. The average molecular weight is 294 g/mol. The first kappa shape index (κ1) is 17.3. The van der Waals surface area contributed by atoms with Crippen molar-refractivity contribution in [3.05, 3.63) is 23.8 Å². The first-order chi connectivity index (χ1) is 9.99. The third kappa shape index (κ3) is 5.27. The van der Waals surface area contributed by atoms with E-state index in [0.717, 1.165) is 17.1 Å². The lowest BCUT2D eigenvalue weighted by Gasteiger charge is -2.17. The van der Waals surface area contributed by atoms with Gasteiger partial charge in [0, 0.05) is 38.2 Å². The highest BCUT2D eigenvalue weighted by Gasteiger charge is 2.12. The summed E-state index contributed by atoms with van der Waals surface area (Å²) in [6.45, 7) is 2.58. The van der Waals surface area contributed by atoms with Crippen LogP contribution in [0, 0.1) is 0 Å². The number of rotatable bonds is 8. The number of carbonyl (C=O) groups is 1. The molecule has 0 aromatic heterocycles. The minimum Gasteiger partial charge on any atom is -0.497 e. The summed E-state index contributed by atoms with van der Waals surface area (Å²) in [5.41, 5.74) is 1.08. The number of hydrogen-bond acceptors (Lipinski definition) is 4. The van der Waals surface area contributed by atoms with Crippen LogP contribution < -0.4 is 14.8 Å². The Balaban J connectivity index is 2.65. The number of hydrogen-bond donors (Lipinski definition) is 1. The molecule has 0 aliphatic rings. The molecule has 1 unspecified atom stereocenters. The summed E-state index contributed by atoms with van der Waals surface area (Å²) in [4.78, 5) is 13.1. The number of nitrogens with zero attached hydrogens (tertiary/aromatic N) is 1. The zero-order valence-corrected chi connectivity index (χ0v) is 13.6. The van der Waals surface area contributed by atoms with E-state index in [-0.39, 0.29) is 11.9 Å². The molecule has 1 aromatic rings. The third-order valence-electron chi connectivity index (χ3n) is 3.41. The maximum atomic E-state index is 11.5. The van der Waals surface area contributed by atoms with E-state index in [1.54, 1.807) is 26.1 Å². The molecule has 118 valence electrons. The molecule has 1 atom stereocenters. The average Bonchev–Trinajstić information content (AvgIpc) is 2.50. The molecule has 0 heterocycles. The number of amides is 1. The van der Waals surface area contributed by atoms with Crippen molar-refractivity contribution < 1.29 is 14.3 Å². The van der Waals surface area contributed by atoms with Crippen LogP contribution in [0.5, 0.6) is 11.5 Å². The molecule has 0 aliphatic carbocycles. The zero-order chi connectivity index (χ0) is 15.8. The van der Waals surface area contributed by atoms with Gasteiger partial charge < -0.3 is 19.7 Å². The monoisotopic (exact) mass is 294 g/mol. The maximum Gasteiger partial charge on any atom is 0.222 e. The zero-order valence-electron chi connectivity index (χ0n) is 13.6. The van der Waals surface area contributed by atoms with Gasteiger partial charge in [-0.2, -0.15) is 0 Å². The molecule has 1 N–H and O–H groups in total. The van der Waals surface area contributed by atoms with Crippen LogP contribution in [0.4, 0.5) is 0 Å². The molecule has 0 spiro atoms. The van der Waals surface area contributed by atoms with E-state index in [2.05, 4.69) is 12.2 Å². The second-order valence-electron chi connectivity index (χ2n) is 5.15. The first-order valence-corrected chi connectivity index (χ1v) is 7.17. The van der Waals surface area contributed by atoms with E-state index < -0.39 is 0 Å². The minimum absolute atomic E-state index is 0.119. The van der Waals surface area contributed by atoms with Gasteiger partial charge in [0.1, 0.15) is 11.5 Å². The number of nitrogens with one attached hydrogen (secondary N) is 1. The van der Waals surface area contributed by atoms with Gasteiger partial charge in [-0.25, -0.2) is 0 Å². The van der Waals surface area contributed by atoms with Gasteiger partial charge in [0.05, 0.1) is 13.7 Å². The molecule has 0 saturated carbocycles. The van der Waals surface area contributed by atoms with Crippen LogP contribution in [0.25, 0.3) is 0 Å². The van der Waals surface area contributed by atoms with Crippen molar-refractivity contribution in [3.63, 3.8) is 0 Å². The fraction of sp³-hybridized carbons (Fsp3) is 0.562. The lowest BCUT2D eigenvalue weighted by molar-refractivity contribution is -0.128. The molecule has 5 heteroatoms.